The van der Waals surface area contributed by atoms with E-state index in [1.807, 2.05) is 6.07 Å². The molecule has 0 saturated carbocycles. The first-order chi connectivity index (χ1) is 7.13. The van der Waals surface area contributed by atoms with Gasteiger partial charge in [-0.3, -0.25) is 4.79 Å². The normalized spacial score (nSPS) is 10.3. The number of ketones is 1. The van der Waals surface area contributed by atoms with Gasteiger partial charge < -0.3 is 4.74 Å². The number of hydrogen-bond acceptors (Lipinski definition) is 3. The number of carbonyl (C=O) groups is 2. The lowest BCUT2D eigenvalue weighted by molar-refractivity contribution is -0.112. The molecule has 1 aromatic carbocycles. The summed E-state index contributed by atoms with van der Waals surface area (Å²) < 4.78 is 4.59. The predicted molar refractivity (Wildman–Crippen MR) is 57.5 cm³/mol. The van der Waals surface area contributed by atoms with Gasteiger partial charge in [-0.1, -0.05) is 18.2 Å². The number of allylic oxidation sites excluding steroid dienone is 1. The van der Waals surface area contributed by atoms with Crippen molar-refractivity contribution in [1.82, 2.24) is 0 Å². The molecule has 0 aromatic heterocycles. The number of carbonyl (C=O) groups excluding carboxylic acids is 2. The van der Waals surface area contributed by atoms with Crippen LogP contribution < -0.4 is 0 Å². The molecule has 0 bridgehead atoms. The van der Waals surface area contributed by atoms with E-state index in [4.69, 9.17) is 0 Å². The molecule has 0 radical (unpaired) electrons. The van der Waals surface area contributed by atoms with E-state index in [1.54, 1.807) is 24.3 Å². The molecule has 0 unspecified atom stereocenters. The third-order valence-corrected chi connectivity index (χ3v) is 1.82. The van der Waals surface area contributed by atoms with Gasteiger partial charge >= 0.3 is 5.97 Å². The van der Waals surface area contributed by atoms with Crippen LogP contribution in [0.2, 0.25) is 0 Å². The van der Waals surface area contributed by atoms with Gasteiger partial charge in [-0.2, -0.15) is 0 Å². The molecule has 0 amide bonds. The molecule has 0 N–H and O–H groups in total. The standard InChI is InChI=1S/C12H12O3/c1-9(13)6-7-10-4-3-5-11(8-10)12(14)15-2/h3-8H,1-2H3/b7-6+. The second-order valence-corrected chi connectivity index (χ2v) is 3.06. The zero-order valence-corrected chi connectivity index (χ0v) is 8.69. The quantitative estimate of drug-likeness (QED) is 0.559. The van der Waals surface area contributed by atoms with Crippen LogP contribution in [-0.2, 0) is 9.53 Å². The summed E-state index contributed by atoms with van der Waals surface area (Å²) in [7, 11) is 1.33. The van der Waals surface area contributed by atoms with Crippen LogP contribution in [0.15, 0.2) is 30.3 Å². The lowest BCUT2D eigenvalue weighted by atomic mass is 10.1. The van der Waals surface area contributed by atoms with E-state index in [0.29, 0.717) is 5.56 Å². The second-order valence-electron chi connectivity index (χ2n) is 3.06. The maximum atomic E-state index is 11.2. The van der Waals surface area contributed by atoms with E-state index in [1.165, 1.54) is 20.1 Å². The summed E-state index contributed by atoms with van der Waals surface area (Å²) in [5.41, 5.74) is 1.27. The fourth-order valence-electron chi connectivity index (χ4n) is 1.10. The molecule has 15 heavy (non-hydrogen) atoms. The SMILES string of the molecule is COC(=O)c1cccc(/C=C/C(C)=O)c1. The van der Waals surface area contributed by atoms with Gasteiger partial charge in [0, 0.05) is 0 Å². The Morgan fingerprint density at radius 3 is 2.67 bits per heavy atom. The molecule has 1 rings (SSSR count). The number of ether oxygens (including phenoxy) is 1. The molecule has 0 aliphatic heterocycles. The Bertz CT molecular complexity index is 405. The third-order valence-electron chi connectivity index (χ3n) is 1.82. The minimum absolute atomic E-state index is 0.0292. The van der Waals surface area contributed by atoms with Crippen molar-refractivity contribution < 1.29 is 14.3 Å². The van der Waals surface area contributed by atoms with Gasteiger partial charge in [-0.05, 0) is 30.7 Å². The maximum Gasteiger partial charge on any atom is 0.337 e. The van der Waals surface area contributed by atoms with Crippen molar-refractivity contribution in [3.63, 3.8) is 0 Å². The van der Waals surface area contributed by atoms with E-state index >= 15 is 0 Å². The van der Waals surface area contributed by atoms with Crippen LogP contribution >= 0.6 is 0 Å². The minimum Gasteiger partial charge on any atom is -0.465 e. The molecule has 0 spiro atoms. The number of rotatable bonds is 3. The highest BCUT2D eigenvalue weighted by Gasteiger charge is 2.03. The van der Waals surface area contributed by atoms with Gasteiger partial charge in [0.2, 0.25) is 0 Å². The van der Waals surface area contributed by atoms with Crippen LogP contribution in [0.5, 0.6) is 0 Å². The maximum absolute atomic E-state index is 11.2. The summed E-state index contributed by atoms with van der Waals surface area (Å²) in [6.07, 6.45) is 3.12. The van der Waals surface area contributed by atoms with Crippen LogP contribution in [0.4, 0.5) is 0 Å². The van der Waals surface area contributed by atoms with E-state index in [-0.39, 0.29) is 11.8 Å². The largest absolute Gasteiger partial charge is 0.465 e. The van der Waals surface area contributed by atoms with Crippen LogP contribution in [-0.4, -0.2) is 18.9 Å². The first kappa shape index (κ1) is 11.2. The average molecular weight is 204 g/mol. The molecular weight excluding hydrogens is 192 g/mol. The minimum atomic E-state index is -0.381. The molecule has 0 atom stereocenters. The lowest BCUT2D eigenvalue weighted by Crippen LogP contribution is -2.00. The topological polar surface area (TPSA) is 43.4 Å². The van der Waals surface area contributed by atoms with Gasteiger partial charge in [0.05, 0.1) is 12.7 Å². The number of methoxy groups -OCH3 is 1. The Morgan fingerprint density at radius 2 is 2.07 bits per heavy atom. The first-order valence-electron chi connectivity index (χ1n) is 4.50. The summed E-state index contributed by atoms with van der Waals surface area (Å²) in [5.74, 6) is -0.411. The molecule has 0 heterocycles. The lowest BCUT2D eigenvalue weighted by Gasteiger charge is -1.99. The monoisotopic (exact) mass is 204 g/mol. The van der Waals surface area contributed by atoms with E-state index in [0.717, 1.165) is 5.56 Å². The zero-order valence-electron chi connectivity index (χ0n) is 8.69. The zero-order chi connectivity index (χ0) is 11.3. The van der Waals surface area contributed by atoms with Crippen LogP contribution in [0.3, 0.4) is 0 Å². The molecule has 78 valence electrons. The van der Waals surface area contributed by atoms with Gasteiger partial charge in [0.15, 0.2) is 5.78 Å². The first-order valence-corrected chi connectivity index (χ1v) is 4.50. The summed E-state index contributed by atoms with van der Waals surface area (Å²) in [4.78, 5) is 21.9. The summed E-state index contributed by atoms with van der Waals surface area (Å²) in [6.45, 7) is 1.47. The van der Waals surface area contributed by atoms with Gasteiger partial charge in [-0.25, -0.2) is 4.79 Å². The Morgan fingerprint density at radius 1 is 1.33 bits per heavy atom. The van der Waals surface area contributed by atoms with Crippen molar-refractivity contribution in [3.05, 3.63) is 41.5 Å². The smallest absolute Gasteiger partial charge is 0.337 e. The number of esters is 1. The molecule has 3 nitrogen and oxygen atoms in total. The van der Waals surface area contributed by atoms with Crippen LogP contribution in [0.1, 0.15) is 22.8 Å². The van der Waals surface area contributed by atoms with Crippen LogP contribution in [0, 0.1) is 0 Å². The van der Waals surface area contributed by atoms with Gasteiger partial charge in [-0.15, -0.1) is 0 Å². The molecule has 3 heteroatoms. The second kappa shape index (κ2) is 5.10. The Labute approximate surface area is 88.4 Å². The molecule has 0 saturated heterocycles. The molecule has 0 fully saturated rings. The highest BCUT2D eigenvalue weighted by molar-refractivity contribution is 5.93. The number of benzene rings is 1. The number of hydrogen-bond donors (Lipinski definition) is 0. The van der Waals surface area contributed by atoms with Crippen molar-refractivity contribution >= 4 is 17.8 Å². The van der Waals surface area contributed by atoms with E-state index < -0.39 is 0 Å². The van der Waals surface area contributed by atoms with E-state index in [9.17, 15) is 9.59 Å². The molecule has 1 aromatic rings. The molecule has 0 aliphatic carbocycles. The Kier molecular flexibility index (Phi) is 3.80. The van der Waals surface area contributed by atoms with E-state index in [2.05, 4.69) is 4.74 Å². The van der Waals surface area contributed by atoms with Gasteiger partial charge in [0.1, 0.15) is 0 Å². The van der Waals surface area contributed by atoms with Crippen molar-refractivity contribution in [1.29, 1.82) is 0 Å². The molecule has 0 aliphatic rings. The fourth-order valence-corrected chi connectivity index (χ4v) is 1.10. The Balaban J connectivity index is 2.92. The predicted octanol–water partition coefficient (Wildman–Crippen LogP) is 2.08. The van der Waals surface area contributed by atoms with Crippen molar-refractivity contribution in [2.24, 2.45) is 0 Å². The van der Waals surface area contributed by atoms with Crippen molar-refractivity contribution in [2.45, 2.75) is 6.92 Å². The summed E-state index contributed by atoms with van der Waals surface area (Å²) >= 11 is 0. The van der Waals surface area contributed by atoms with Gasteiger partial charge in [0.25, 0.3) is 0 Å². The highest BCUT2D eigenvalue weighted by atomic mass is 16.5. The Hall–Kier alpha value is -1.90. The average Bonchev–Trinajstić information content (AvgIpc) is 2.25. The van der Waals surface area contributed by atoms with Crippen molar-refractivity contribution in [3.8, 4) is 0 Å². The third kappa shape index (κ3) is 3.38. The highest BCUT2D eigenvalue weighted by Crippen LogP contribution is 2.08. The van der Waals surface area contributed by atoms with Crippen LogP contribution in [0.25, 0.3) is 6.08 Å². The summed E-state index contributed by atoms with van der Waals surface area (Å²) in [6, 6.07) is 6.89. The fraction of sp³-hybridized carbons (Fsp3) is 0.167. The molecular formula is C12H12O3. The summed E-state index contributed by atoms with van der Waals surface area (Å²) in [5, 5.41) is 0. The van der Waals surface area contributed by atoms with Crippen molar-refractivity contribution in [2.75, 3.05) is 7.11 Å².